The number of carbonyl (C=O) groups is 1. The van der Waals surface area contributed by atoms with Gasteiger partial charge < -0.3 is 15.4 Å². The second kappa shape index (κ2) is 6.02. The molecule has 1 saturated heterocycles. The van der Waals surface area contributed by atoms with E-state index in [4.69, 9.17) is 10.5 Å². The van der Waals surface area contributed by atoms with E-state index in [1.807, 2.05) is 11.9 Å². The van der Waals surface area contributed by atoms with Crippen molar-refractivity contribution in [2.24, 2.45) is 17.6 Å². The van der Waals surface area contributed by atoms with E-state index < -0.39 is 0 Å². The maximum absolute atomic E-state index is 12.6. The average Bonchev–Trinajstić information content (AvgIpc) is 2.38. The summed E-state index contributed by atoms with van der Waals surface area (Å²) >= 11 is 0. The number of nitrogens with two attached hydrogens (primary N) is 1. The highest BCUT2D eigenvalue weighted by atomic mass is 16.5. The molecule has 18 heavy (non-hydrogen) atoms. The van der Waals surface area contributed by atoms with Crippen LogP contribution in [0.5, 0.6) is 0 Å². The number of hydrogen-bond acceptors (Lipinski definition) is 3. The summed E-state index contributed by atoms with van der Waals surface area (Å²) in [7, 11) is 1.94. The molecule has 0 aromatic heterocycles. The lowest BCUT2D eigenvalue weighted by molar-refractivity contribution is -0.141. The average molecular weight is 254 g/mol. The van der Waals surface area contributed by atoms with Crippen molar-refractivity contribution < 1.29 is 9.53 Å². The Morgan fingerprint density at radius 1 is 1.22 bits per heavy atom. The lowest BCUT2D eigenvalue weighted by Crippen LogP contribution is -2.51. The standard InChI is InChI=1S/C14H26N2O2/c1-10-4-3-5-12(15)13(10)14(17)16(2)11-6-8-18-9-7-11/h10-13H,3-9,15H2,1-2H3. The van der Waals surface area contributed by atoms with Gasteiger partial charge >= 0.3 is 0 Å². The van der Waals surface area contributed by atoms with Gasteiger partial charge in [-0.1, -0.05) is 13.3 Å². The van der Waals surface area contributed by atoms with Gasteiger partial charge in [-0.15, -0.1) is 0 Å². The van der Waals surface area contributed by atoms with Crippen molar-refractivity contribution in [3.8, 4) is 0 Å². The predicted molar refractivity (Wildman–Crippen MR) is 71.1 cm³/mol. The summed E-state index contributed by atoms with van der Waals surface area (Å²) in [6, 6.07) is 0.385. The molecular weight excluding hydrogens is 228 g/mol. The highest BCUT2D eigenvalue weighted by Crippen LogP contribution is 2.31. The molecule has 3 unspecified atom stereocenters. The normalized spacial score (nSPS) is 34.3. The molecule has 1 amide bonds. The fourth-order valence-electron chi connectivity index (χ4n) is 3.37. The van der Waals surface area contributed by atoms with Crippen LogP contribution in [0.1, 0.15) is 39.0 Å². The van der Waals surface area contributed by atoms with Gasteiger partial charge in [0, 0.05) is 32.3 Å². The molecule has 2 aliphatic rings. The fraction of sp³-hybridized carbons (Fsp3) is 0.929. The van der Waals surface area contributed by atoms with Crippen LogP contribution in [0.3, 0.4) is 0 Å². The highest BCUT2D eigenvalue weighted by Gasteiger charge is 2.37. The maximum Gasteiger partial charge on any atom is 0.227 e. The van der Waals surface area contributed by atoms with Crippen LogP contribution in [0.4, 0.5) is 0 Å². The van der Waals surface area contributed by atoms with Crippen LogP contribution in [-0.2, 0) is 9.53 Å². The van der Waals surface area contributed by atoms with Gasteiger partial charge in [-0.2, -0.15) is 0 Å². The molecule has 0 aromatic rings. The zero-order valence-electron chi connectivity index (χ0n) is 11.6. The number of amides is 1. The third-order valence-corrected chi connectivity index (χ3v) is 4.64. The molecule has 0 radical (unpaired) electrons. The molecule has 0 spiro atoms. The van der Waals surface area contributed by atoms with Gasteiger partial charge in [0.15, 0.2) is 0 Å². The molecule has 4 heteroatoms. The molecule has 2 fully saturated rings. The summed E-state index contributed by atoms with van der Waals surface area (Å²) in [5, 5.41) is 0. The third kappa shape index (κ3) is 2.86. The first-order chi connectivity index (χ1) is 8.61. The lowest BCUT2D eigenvalue weighted by Gasteiger charge is -2.39. The van der Waals surface area contributed by atoms with E-state index in [2.05, 4.69) is 6.92 Å². The van der Waals surface area contributed by atoms with Gasteiger partial charge in [-0.05, 0) is 31.6 Å². The van der Waals surface area contributed by atoms with E-state index in [0.717, 1.165) is 45.3 Å². The molecule has 1 aliphatic carbocycles. The van der Waals surface area contributed by atoms with E-state index in [0.29, 0.717) is 12.0 Å². The molecule has 4 nitrogen and oxygen atoms in total. The van der Waals surface area contributed by atoms with Crippen LogP contribution < -0.4 is 5.73 Å². The van der Waals surface area contributed by atoms with Crippen molar-refractivity contribution in [1.82, 2.24) is 4.90 Å². The highest BCUT2D eigenvalue weighted by molar-refractivity contribution is 5.80. The van der Waals surface area contributed by atoms with Crippen LogP contribution in [0.2, 0.25) is 0 Å². The Bertz CT molecular complexity index is 280. The summed E-state index contributed by atoms with van der Waals surface area (Å²) < 4.78 is 5.35. The van der Waals surface area contributed by atoms with E-state index in [-0.39, 0.29) is 17.9 Å². The van der Waals surface area contributed by atoms with Crippen LogP contribution in [0.15, 0.2) is 0 Å². The second-order valence-electron chi connectivity index (χ2n) is 5.89. The van der Waals surface area contributed by atoms with E-state index in [1.54, 1.807) is 0 Å². The molecule has 1 heterocycles. The van der Waals surface area contributed by atoms with Gasteiger partial charge in [-0.3, -0.25) is 4.79 Å². The Kier molecular flexibility index (Phi) is 4.62. The SMILES string of the molecule is CC1CCCC(N)C1C(=O)N(C)C1CCOCC1. The number of nitrogens with zero attached hydrogens (tertiary/aromatic N) is 1. The van der Waals surface area contributed by atoms with Crippen molar-refractivity contribution in [3.63, 3.8) is 0 Å². The molecule has 3 atom stereocenters. The van der Waals surface area contributed by atoms with Crippen molar-refractivity contribution >= 4 is 5.91 Å². The molecule has 2 N–H and O–H groups in total. The van der Waals surface area contributed by atoms with Crippen LogP contribution in [0.25, 0.3) is 0 Å². The molecule has 0 bridgehead atoms. The van der Waals surface area contributed by atoms with Crippen molar-refractivity contribution in [3.05, 3.63) is 0 Å². The summed E-state index contributed by atoms with van der Waals surface area (Å²) in [5.74, 6) is 0.691. The van der Waals surface area contributed by atoms with Crippen LogP contribution in [0, 0.1) is 11.8 Å². The molecule has 2 rings (SSSR count). The number of carbonyl (C=O) groups excluding carboxylic acids is 1. The molecule has 1 saturated carbocycles. The largest absolute Gasteiger partial charge is 0.381 e. The predicted octanol–water partition coefficient (Wildman–Crippen LogP) is 1.39. The smallest absolute Gasteiger partial charge is 0.227 e. The monoisotopic (exact) mass is 254 g/mol. The van der Waals surface area contributed by atoms with Gasteiger partial charge in [0.05, 0.1) is 5.92 Å². The summed E-state index contributed by atoms with van der Waals surface area (Å²) in [6.45, 7) is 3.71. The minimum absolute atomic E-state index is 0.0200. The van der Waals surface area contributed by atoms with Crippen molar-refractivity contribution in [1.29, 1.82) is 0 Å². The van der Waals surface area contributed by atoms with Crippen molar-refractivity contribution in [2.75, 3.05) is 20.3 Å². The first kappa shape index (κ1) is 13.8. The summed E-state index contributed by atoms with van der Waals surface area (Å²) in [6.07, 6.45) is 5.19. The maximum atomic E-state index is 12.6. The number of rotatable bonds is 2. The van der Waals surface area contributed by atoms with Crippen LogP contribution in [-0.4, -0.2) is 43.2 Å². The van der Waals surface area contributed by atoms with Gasteiger partial charge in [0.1, 0.15) is 0 Å². The zero-order chi connectivity index (χ0) is 13.1. The third-order valence-electron chi connectivity index (χ3n) is 4.64. The fourth-order valence-corrected chi connectivity index (χ4v) is 3.37. The molecular formula is C14H26N2O2. The minimum Gasteiger partial charge on any atom is -0.381 e. The lowest BCUT2D eigenvalue weighted by atomic mass is 9.76. The van der Waals surface area contributed by atoms with E-state index in [1.165, 1.54) is 0 Å². The summed E-state index contributed by atoms with van der Waals surface area (Å²) in [5.41, 5.74) is 6.17. The Labute approximate surface area is 110 Å². The van der Waals surface area contributed by atoms with Gasteiger partial charge in [0.2, 0.25) is 5.91 Å². The minimum atomic E-state index is 0.0200. The van der Waals surface area contributed by atoms with Gasteiger partial charge in [-0.25, -0.2) is 0 Å². The quantitative estimate of drug-likeness (QED) is 0.810. The number of hydrogen-bond donors (Lipinski definition) is 1. The summed E-state index contributed by atoms with van der Waals surface area (Å²) in [4.78, 5) is 14.6. The van der Waals surface area contributed by atoms with Crippen molar-refractivity contribution in [2.45, 2.75) is 51.1 Å². The first-order valence-corrected chi connectivity index (χ1v) is 7.21. The van der Waals surface area contributed by atoms with Crippen LogP contribution >= 0.6 is 0 Å². The Balaban J connectivity index is 1.99. The van der Waals surface area contributed by atoms with E-state index >= 15 is 0 Å². The molecule has 0 aromatic carbocycles. The molecule has 1 aliphatic heterocycles. The van der Waals surface area contributed by atoms with E-state index in [9.17, 15) is 4.79 Å². The number of ether oxygens (including phenoxy) is 1. The molecule has 104 valence electrons. The topological polar surface area (TPSA) is 55.6 Å². The van der Waals surface area contributed by atoms with Gasteiger partial charge in [0.25, 0.3) is 0 Å². The second-order valence-corrected chi connectivity index (χ2v) is 5.89. The zero-order valence-corrected chi connectivity index (χ0v) is 11.6. The Hall–Kier alpha value is -0.610. The first-order valence-electron chi connectivity index (χ1n) is 7.21. The Morgan fingerprint density at radius 2 is 1.89 bits per heavy atom. The Morgan fingerprint density at radius 3 is 2.50 bits per heavy atom.